The SMILES string of the molecule is CC(N)c1nc(C(=O)NCc2ncon2)cs1. The van der Waals surface area contributed by atoms with Crippen LogP contribution in [0.3, 0.4) is 0 Å². The van der Waals surface area contributed by atoms with E-state index in [1.165, 1.54) is 17.7 Å². The van der Waals surface area contributed by atoms with Gasteiger partial charge in [-0.25, -0.2) is 4.98 Å². The van der Waals surface area contributed by atoms with E-state index in [0.29, 0.717) is 11.5 Å². The minimum Gasteiger partial charge on any atom is -0.343 e. The van der Waals surface area contributed by atoms with E-state index in [4.69, 9.17) is 5.73 Å². The standard InChI is InChI=1S/C9H11N5O2S/c1-5(10)9-13-6(3-17-9)8(15)11-2-7-12-4-16-14-7/h3-5H,2,10H2,1H3,(H,11,15). The summed E-state index contributed by atoms with van der Waals surface area (Å²) in [5.74, 6) is 0.138. The average Bonchev–Trinajstić information content (AvgIpc) is 2.96. The highest BCUT2D eigenvalue weighted by Gasteiger charge is 2.12. The molecule has 3 N–H and O–H groups in total. The molecule has 0 aliphatic heterocycles. The fourth-order valence-corrected chi connectivity index (χ4v) is 1.88. The number of carbonyl (C=O) groups excluding carboxylic acids is 1. The summed E-state index contributed by atoms with van der Waals surface area (Å²) in [6, 6.07) is -0.168. The molecular formula is C9H11N5O2S. The van der Waals surface area contributed by atoms with Gasteiger partial charge in [0.1, 0.15) is 10.7 Å². The first-order valence-electron chi connectivity index (χ1n) is 4.91. The molecule has 8 heteroatoms. The van der Waals surface area contributed by atoms with Gasteiger partial charge in [-0.05, 0) is 6.92 Å². The number of hydrogen-bond donors (Lipinski definition) is 2. The van der Waals surface area contributed by atoms with Crippen LogP contribution in [-0.2, 0) is 6.54 Å². The van der Waals surface area contributed by atoms with Crippen molar-refractivity contribution in [2.45, 2.75) is 19.5 Å². The molecule has 0 bridgehead atoms. The van der Waals surface area contributed by atoms with Crippen LogP contribution in [0.2, 0.25) is 0 Å². The van der Waals surface area contributed by atoms with Crippen molar-refractivity contribution in [3.05, 3.63) is 28.3 Å². The Morgan fingerprint density at radius 1 is 1.71 bits per heavy atom. The Balaban J connectivity index is 1.95. The first kappa shape index (κ1) is 11.7. The van der Waals surface area contributed by atoms with Gasteiger partial charge in [0.2, 0.25) is 6.39 Å². The Kier molecular flexibility index (Phi) is 3.45. The van der Waals surface area contributed by atoms with E-state index < -0.39 is 0 Å². The summed E-state index contributed by atoms with van der Waals surface area (Å²) in [6.45, 7) is 2.03. The lowest BCUT2D eigenvalue weighted by atomic mass is 10.4. The molecule has 1 amide bonds. The second-order valence-electron chi connectivity index (χ2n) is 3.39. The molecule has 0 fully saturated rings. The lowest BCUT2D eigenvalue weighted by Gasteiger charge is -1.99. The van der Waals surface area contributed by atoms with Gasteiger partial charge in [0, 0.05) is 5.38 Å². The maximum atomic E-state index is 11.7. The third-order valence-corrected chi connectivity index (χ3v) is 3.00. The number of nitrogens with one attached hydrogen (secondary N) is 1. The number of nitrogens with zero attached hydrogens (tertiary/aromatic N) is 3. The zero-order valence-corrected chi connectivity index (χ0v) is 9.90. The maximum absolute atomic E-state index is 11.7. The molecule has 1 atom stereocenters. The van der Waals surface area contributed by atoms with Crippen LogP contribution in [0, 0.1) is 0 Å². The van der Waals surface area contributed by atoms with E-state index in [0.717, 1.165) is 5.01 Å². The quantitative estimate of drug-likeness (QED) is 0.820. The third-order valence-electron chi connectivity index (χ3n) is 1.96. The molecule has 0 spiro atoms. The molecule has 17 heavy (non-hydrogen) atoms. The molecule has 7 nitrogen and oxygen atoms in total. The van der Waals surface area contributed by atoms with Crippen LogP contribution in [-0.4, -0.2) is 21.0 Å². The molecule has 2 rings (SSSR count). The predicted molar refractivity (Wildman–Crippen MR) is 60.2 cm³/mol. The molecule has 0 aliphatic carbocycles. The summed E-state index contributed by atoms with van der Waals surface area (Å²) in [7, 11) is 0. The van der Waals surface area contributed by atoms with E-state index in [2.05, 4.69) is 25.0 Å². The summed E-state index contributed by atoms with van der Waals surface area (Å²) in [5, 5.41) is 8.61. The molecule has 0 aromatic carbocycles. The summed E-state index contributed by atoms with van der Waals surface area (Å²) in [6.07, 6.45) is 1.21. The minimum atomic E-state index is -0.280. The smallest absolute Gasteiger partial charge is 0.271 e. The van der Waals surface area contributed by atoms with Crippen LogP contribution in [0.25, 0.3) is 0 Å². The Bertz CT molecular complexity index is 493. The molecule has 1 unspecified atom stereocenters. The van der Waals surface area contributed by atoms with Crippen molar-refractivity contribution in [3.8, 4) is 0 Å². The summed E-state index contributed by atoms with van der Waals surface area (Å²) in [4.78, 5) is 19.6. The summed E-state index contributed by atoms with van der Waals surface area (Å²) >= 11 is 1.36. The van der Waals surface area contributed by atoms with Gasteiger partial charge in [0.05, 0.1) is 12.6 Å². The van der Waals surface area contributed by atoms with Gasteiger partial charge in [-0.15, -0.1) is 11.3 Å². The van der Waals surface area contributed by atoms with Crippen molar-refractivity contribution >= 4 is 17.2 Å². The second kappa shape index (κ2) is 5.02. The zero-order valence-electron chi connectivity index (χ0n) is 9.08. The number of nitrogens with two attached hydrogens (primary N) is 1. The fourth-order valence-electron chi connectivity index (χ4n) is 1.12. The van der Waals surface area contributed by atoms with Crippen molar-refractivity contribution in [1.29, 1.82) is 0 Å². The Morgan fingerprint density at radius 3 is 3.12 bits per heavy atom. The van der Waals surface area contributed by atoms with Gasteiger partial charge < -0.3 is 15.6 Å². The van der Waals surface area contributed by atoms with Crippen LogP contribution >= 0.6 is 11.3 Å². The lowest BCUT2D eigenvalue weighted by molar-refractivity contribution is 0.0945. The molecule has 2 heterocycles. The monoisotopic (exact) mass is 253 g/mol. The van der Waals surface area contributed by atoms with Gasteiger partial charge in [0.25, 0.3) is 5.91 Å². The van der Waals surface area contributed by atoms with Crippen molar-refractivity contribution in [2.75, 3.05) is 0 Å². The largest absolute Gasteiger partial charge is 0.343 e. The molecule has 0 saturated heterocycles. The fraction of sp³-hybridized carbons (Fsp3) is 0.333. The molecule has 0 saturated carbocycles. The number of hydrogen-bond acceptors (Lipinski definition) is 7. The number of rotatable bonds is 4. The minimum absolute atomic E-state index is 0.168. The van der Waals surface area contributed by atoms with Crippen LogP contribution in [0.15, 0.2) is 16.3 Å². The van der Waals surface area contributed by atoms with Crippen LogP contribution in [0.5, 0.6) is 0 Å². The Hall–Kier alpha value is -1.80. The summed E-state index contributed by atoms with van der Waals surface area (Å²) in [5.41, 5.74) is 6.01. The van der Waals surface area contributed by atoms with Gasteiger partial charge in [-0.1, -0.05) is 5.16 Å². The van der Waals surface area contributed by atoms with E-state index in [1.54, 1.807) is 5.38 Å². The number of thiazole rings is 1. The van der Waals surface area contributed by atoms with Gasteiger partial charge in [-0.2, -0.15) is 4.98 Å². The number of aromatic nitrogens is 3. The Labute approximate surface area is 101 Å². The van der Waals surface area contributed by atoms with E-state index >= 15 is 0 Å². The van der Waals surface area contributed by atoms with E-state index in [1.807, 2.05) is 6.92 Å². The molecule has 2 aromatic heterocycles. The van der Waals surface area contributed by atoms with Crippen molar-refractivity contribution in [2.24, 2.45) is 5.73 Å². The van der Waals surface area contributed by atoms with Crippen molar-refractivity contribution in [3.63, 3.8) is 0 Å². The molecular weight excluding hydrogens is 242 g/mol. The maximum Gasteiger partial charge on any atom is 0.271 e. The van der Waals surface area contributed by atoms with Gasteiger partial charge in [-0.3, -0.25) is 4.79 Å². The topological polar surface area (TPSA) is 107 Å². The first-order valence-corrected chi connectivity index (χ1v) is 5.79. The number of carbonyl (C=O) groups is 1. The summed E-state index contributed by atoms with van der Waals surface area (Å²) < 4.78 is 4.55. The first-order chi connectivity index (χ1) is 8.16. The van der Waals surface area contributed by atoms with Crippen LogP contribution < -0.4 is 11.1 Å². The second-order valence-corrected chi connectivity index (χ2v) is 4.28. The molecule has 90 valence electrons. The molecule has 0 radical (unpaired) electrons. The van der Waals surface area contributed by atoms with Gasteiger partial charge >= 0.3 is 0 Å². The third kappa shape index (κ3) is 2.86. The lowest BCUT2D eigenvalue weighted by Crippen LogP contribution is -2.23. The van der Waals surface area contributed by atoms with E-state index in [9.17, 15) is 4.79 Å². The van der Waals surface area contributed by atoms with E-state index in [-0.39, 0.29) is 18.5 Å². The normalized spacial score (nSPS) is 12.4. The molecule has 0 aliphatic rings. The van der Waals surface area contributed by atoms with Crippen LogP contribution in [0.4, 0.5) is 0 Å². The van der Waals surface area contributed by atoms with Crippen molar-refractivity contribution in [1.82, 2.24) is 20.4 Å². The highest BCUT2D eigenvalue weighted by atomic mass is 32.1. The Morgan fingerprint density at radius 2 is 2.53 bits per heavy atom. The highest BCUT2D eigenvalue weighted by Crippen LogP contribution is 2.15. The van der Waals surface area contributed by atoms with Crippen LogP contribution in [0.1, 0.15) is 34.3 Å². The average molecular weight is 253 g/mol. The molecule has 2 aromatic rings. The zero-order chi connectivity index (χ0) is 12.3. The van der Waals surface area contributed by atoms with Crippen molar-refractivity contribution < 1.29 is 9.32 Å². The number of amides is 1. The highest BCUT2D eigenvalue weighted by molar-refractivity contribution is 7.09. The predicted octanol–water partition coefficient (Wildman–Crippen LogP) is 0.476. The van der Waals surface area contributed by atoms with Gasteiger partial charge in [0.15, 0.2) is 5.82 Å².